The molecule has 0 atom stereocenters. The minimum absolute atomic E-state index is 0.237. The highest BCUT2D eigenvalue weighted by Gasteiger charge is 2.00. The third-order valence-electron chi connectivity index (χ3n) is 2.10. The maximum atomic E-state index is 11.0. The van der Waals surface area contributed by atoms with Crippen LogP contribution in [0.15, 0.2) is 28.6 Å². The van der Waals surface area contributed by atoms with Crippen molar-refractivity contribution >= 4 is 22.5 Å². The lowest BCUT2D eigenvalue weighted by Crippen LogP contribution is -2.01. The highest BCUT2D eigenvalue weighted by atomic mass is 32.2. The highest BCUT2D eigenvalue weighted by Crippen LogP contribution is 2.14. The predicted molar refractivity (Wildman–Crippen MR) is 63.9 cm³/mol. The van der Waals surface area contributed by atoms with Gasteiger partial charge in [-0.05, 0) is 24.1 Å². The van der Waals surface area contributed by atoms with Gasteiger partial charge in [-0.25, -0.2) is 0 Å². The molecular weight excluding hydrogens is 242 g/mol. The molecule has 17 heavy (non-hydrogen) atoms. The molecule has 0 saturated heterocycles. The second-order valence-corrected chi connectivity index (χ2v) is 4.17. The zero-order chi connectivity index (χ0) is 12.7. The van der Waals surface area contributed by atoms with Crippen molar-refractivity contribution in [1.82, 2.24) is 0 Å². The Labute approximate surface area is 102 Å². The van der Waals surface area contributed by atoms with Gasteiger partial charge in [0, 0.05) is 19.2 Å². The van der Waals surface area contributed by atoms with Crippen molar-refractivity contribution in [2.75, 3.05) is 14.2 Å². The molecule has 5 nitrogen and oxygen atoms in total. The quantitative estimate of drug-likeness (QED) is 0.598. The molecule has 1 aromatic carbocycles. The van der Waals surface area contributed by atoms with E-state index in [0.29, 0.717) is 18.5 Å². The van der Waals surface area contributed by atoms with Crippen molar-refractivity contribution in [1.29, 1.82) is 0 Å². The van der Waals surface area contributed by atoms with Crippen LogP contribution in [-0.4, -0.2) is 20.2 Å². The number of nitrogens with zero attached hydrogens (tertiary/aromatic N) is 1. The van der Waals surface area contributed by atoms with E-state index in [1.807, 2.05) is 12.1 Å². The Morgan fingerprint density at radius 3 is 2.47 bits per heavy atom. The summed E-state index contributed by atoms with van der Waals surface area (Å²) in [6, 6.07) is 7.11. The Morgan fingerprint density at radius 1 is 1.29 bits per heavy atom. The number of hydrogen-bond acceptors (Lipinski definition) is 6. The van der Waals surface area contributed by atoms with Gasteiger partial charge in [-0.3, -0.25) is 4.79 Å². The lowest BCUT2D eigenvalue weighted by molar-refractivity contribution is -0.140. The molecule has 0 fully saturated rings. The van der Waals surface area contributed by atoms with Gasteiger partial charge >= 0.3 is 5.97 Å². The molecule has 0 radical (unpaired) electrons. The number of methoxy groups -OCH3 is 1. The Bertz CT molecular complexity index is 449. The molecule has 1 aromatic rings. The Hall–Kier alpha value is -1.40. The molecule has 0 unspecified atom stereocenters. The number of esters is 1. The van der Waals surface area contributed by atoms with Crippen molar-refractivity contribution in [3.63, 3.8) is 0 Å². The predicted octanol–water partition coefficient (Wildman–Crippen LogP) is 2.13. The van der Waals surface area contributed by atoms with Crippen LogP contribution < -0.4 is 0 Å². The second kappa shape index (κ2) is 7.03. The summed E-state index contributed by atoms with van der Waals surface area (Å²) >= 11 is 0. The average Bonchev–Trinajstić information content (AvgIpc) is 2.37. The lowest BCUT2D eigenvalue weighted by Gasteiger charge is -2.04. The maximum Gasteiger partial charge on any atom is 0.305 e. The van der Waals surface area contributed by atoms with E-state index < -0.39 is 10.9 Å². The maximum absolute atomic E-state index is 11.0. The number of rotatable bonds is 5. The zero-order valence-electron chi connectivity index (χ0n) is 9.71. The number of benzene rings is 1. The smallest absolute Gasteiger partial charge is 0.305 e. The minimum atomic E-state index is -1.65. The molecule has 0 spiro atoms. The van der Waals surface area contributed by atoms with Crippen LogP contribution in [0, 0.1) is 0 Å². The van der Waals surface area contributed by atoms with E-state index in [1.54, 1.807) is 12.1 Å². The van der Waals surface area contributed by atoms with Crippen molar-refractivity contribution in [2.24, 2.45) is 4.36 Å². The third kappa shape index (κ3) is 4.97. The Kier molecular flexibility index (Phi) is 5.65. The van der Waals surface area contributed by atoms with E-state index in [4.69, 9.17) is 0 Å². The molecular formula is C11H14NO4S-. The summed E-state index contributed by atoms with van der Waals surface area (Å²) in [5.41, 5.74) is 1.57. The van der Waals surface area contributed by atoms with Crippen molar-refractivity contribution in [3.8, 4) is 0 Å². The van der Waals surface area contributed by atoms with Crippen LogP contribution in [0.1, 0.15) is 12.0 Å². The van der Waals surface area contributed by atoms with Crippen LogP contribution in [0.2, 0.25) is 0 Å². The van der Waals surface area contributed by atoms with Gasteiger partial charge in [0.25, 0.3) is 0 Å². The monoisotopic (exact) mass is 256 g/mol. The van der Waals surface area contributed by atoms with Gasteiger partial charge in [-0.15, -0.1) is 0 Å². The van der Waals surface area contributed by atoms with E-state index in [2.05, 4.69) is 13.3 Å². The number of aryl methyl sites for hydroxylation is 1. The number of ether oxygens (including phenoxy) is 1. The Morgan fingerprint density at radius 2 is 1.94 bits per heavy atom. The fourth-order valence-electron chi connectivity index (χ4n) is 1.20. The summed E-state index contributed by atoms with van der Waals surface area (Å²) in [4.78, 5) is 10.9. The van der Waals surface area contributed by atoms with E-state index in [-0.39, 0.29) is 5.97 Å². The minimum Gasteiger partial charge on any atom is -0.469 e. The van der Waals surface area contributed by atoms with Crippen LogP contribution in [0.3, 0.4) is 0 Å². The summed E-state index contributed by atoms with van der Waals surface area (Å²) in [6.07, 6.45) is 0.956. The first kappa shape index (κ1) is 13.7. The van der Waals surface area contributed by atoms with Gasteiger partial charge in [0.1, 0.15) is 0 Å². The molecule has 0 heterocycles. The first-order valence-electron chi connectivity index (χ1n) is 4.99. The van der Waals surface area contributed by atoms with E-state index >= 15 is 0 Å². The van der Waals surface area contributed by atoms with E-state index in [9.17, 15) is 9.00 Å². The van der Waals surface area contributed by atoms with Gasteiger partial charge in [-0.1, -0.05) is 23.0 Å². The number of carbonyl (C=O) groups is 1. The molecule has 0 aliphatic rings. The molecule has 0 aliphatic carbocycles. The first-order chi connectivity index (χ1) is 8.15. The SMILES string of the molecule is COC(=O)CCc1ccc(N=[S-](=O)OC)cc1. The number of carbonyl (C=O) groups excluding carboxylic acids is 1. The standard InChI is InChI=1S/C11H14NO4S/c1-15-11(13)8-5-9-3-6-10(7-4-9)12-17(14)16-2/h3-4,6-7H,5,8H2,1-2H3/q-1. The van der Waals surface area contributed by atoms with Crippen molar-refractivity contribution in [3.05, 3.63) is 29.8 Å². The van der Waals surface area contributed by atoms with Gasteiger partial charge in [0.05, 0.1) is 7.11 Å². The fraction of sp³-hybridized carbons (Fsp3) is 0.364. The summed E-state index contributed by atoms with van der Waals surface area (Å²) in [5.74, 6) is -0.237. The lowest BCUT2D eigenvalue weighted by atomic mass is 10.1. The average molecular weight is 256 g/mol. The molecule has 1 rings (SSSR count). The van der Waals surface area contributed by atoms with Crippen LogP contribution in [0.4, 0.5) is 5.69 Å². The fourth-order valence-corrected chi connectivity index (χ4v) is 1.56. The van der Waals surface area contributed by atoms with Gasteiger partial charge < -0.3 is 17.5 Å². The molecule has 0 bridgehead atoms. The summed E-state index contributed by atoms with van der Waals surface area (Å²) in [5, 5.41) is 0. The van der Waals surface area contributed by atoms with Crippen LogP contribution in [0.25, 0.3) is 0 Å². The largest absolute Gasteiger partial charge is 0.469 e. The third-order valence-corrected chi connectivity index (χ3v) is 2.75. The van der Waals surface area contributed by atoms with Gasteiger partial charge in [0.2, 0.25) is 0 Å². The molecule has 0 amide bonds. The topological polar surface area (TPSA) is 65.0 Å². The molecule has 0 N–H and O–H groups in total. The number of hydrogen-bond donors (Lipinski definition) is 0. The normalized spacial score (nSPS) is 12.4. The van der Waals surface area contributed by atoms with Crippen LogP contribution in [-0.2, 0) is 35.2 Å². The van der Waals surface area contributed by atoms with Crippen molar-refractivity contribution < 1.29 is 17.9 Å². The zero-order valence-corrected chi connectivity index (χ0v) is 10.5. The van der Waals surface area contributed by atoms with Crippen LogP contribution >= 0.6 is 0 Å². The summed E-state index contributed by atoms with van der Waals surface area (Å²) < 4.78 is 23.8. The van der Waals surface area contributed by atoms with Gasteiger partial charge in [-0.2, -0.15) is 0 Å². The Balaban J connectivity index is 2.62. The first-order valence-corrected chi connectivity index (χ1v) is 6.02. The van der Waals surface area contributed by atoms with Crippen LogP contribution in [0.5, 0.6) is 0 Å². The highest BCUT2D eigenvalue weighted by molar-refractivity contribution is 7.69. The molecule has 0 aromatic heterocycles. The molecule has 94 valence electrons. The second-order valence-electron chi connectivity index (χ2n) is 3.22. The molecule has 0 aliphatic heterocycles. The van der Waals surface area contributed by atoms with Crippen molar-refractivity contribution in [2.45, 2.75) is 12.8 Å². The molecule has 6 heteroatoms. The van der Waals surface area contributed by atoms with E-state index in [0.717, 1.165) is 5.56 Å². The van der Waals surface area contributed by atoms with E-state index in [1.165, 1.54) is 14.2 Å². The molecule has 0 saturated carbocycles. The summed E-state index contributed by atoms with van der Waals surface area (Å²) in [7, 11) is 1.04. The van der Waals surface area contributed by atoms with Gasteiger partial charge in [0.15, 0.2) is 0 Å². The summed E-state index contributed by atoms with van der Waals surface area (Å²) in [6.45, 7) is 0.